The largest absolute Gasteiger partial charge is 0.398 e. The van der Waals surface area contributed by atoms with Crippen molar-refractivity contribution < 1.29 is 4.79 Å². The predicted octanol–water partition coefficient (Wildman–Crippen LogP) is 1.38. The number of amides is 1. The summed E-state index contributed by atoms with van der Waals surface area (Å²) in [6, 6.07) is 5.04. The summed E-state index contributed by atoms with van der Waals surface area (Å²) in [5.41, 5.74) is 12.3. The second kappa shape index (κ2) is 3.81. The van der Waals surface area contributed by atoms with Gasteiger partial charge in [-0.05, 0) is 32.9 Å². The van der Waals surface area contributed by atoms with Crippen molar-refractivity contribution >= 4 is 17.3 Å². The van der Waals surface area contributed by atoms with Crippen LogP contribution in [0.25, 0.3) is 0 Å². The van der Waals surface area contributed by atoms with Gasteiger partial charge in [-0.1, -0.05) is 6.07 Å². The molecule has 82 valence electrons. The van der Waals surface area contributed by atoms with Crippen LogP contribution in [-0.2, 0) is 0 Å². The highest BCUT2D eigenvalue weighted by molar-refractivity contribution is 6.04. The van der Waals surface area contributed by atoms with Crippen LogP contribution in [-0.4, -0.2) is 11.4 Å². The second-order valence-corrected chi connectivity index (χ2v) is 4.52. The topological polar surface area (TPSA) is 81.1 Å². The number of anilines is 2. The number of nitrogens with two attached hydrogens (primary N) is 2. The summed E-state index contributed by atoms with van der Waals surface area (Å²) < 4.78 is 0. The fourth-order valence-corrected chi connectivity index (χ4v) is 1.25. The molecule has 4 nitrogen and oxygen atoms in total. The molecule has 0 saturated carbocycles. The molecule has 1 amide bonds. The van der Waals surface area contributed by atoms with E-state index in [1.54, 1.807) is 18.2 Å². The van der Waals surface area contributed by atoms with Gasteiger partial charge in [0.1, 0.15) is 0 Å². The predicted molar refractivity (Wildman–Crippen MR) is 62.5 cm³/mol. The Bertz CT molecular complexity index is 360. The van der Waals surface area contributed by atoms with Crippen LogP contribution in [0.15, 0.2) is 18.2 Å². The SMILES string of the molecule is CC(C)(C)NC(=O)c1c(N)cccc1N. The van der Waals surface area contributed by atoms with Gasteiger partial charge in [0, 0.05) is 16.9 Å². The summed E-state index contributed by atoms with van der Waals surface area (Å²) in [5.74, 6) is -0.238. The Morgan fingerprint density at radius 2 is 1.67 bits per heavy atom. The van der Waals surface area contributed by atoms with E-state index < -0.39 is 0 Å². The standard InChI is InChI=1S/C11H17N3O/c1-11(2,3)14-10(15)9-7(12)5-4-6-8(9)13/h4-6H,12-13H2,1-3H3,(H,14,15). The van der Waals surface area contributed by atoms with Gasteiger partial charge in [0.05, 0.1) is 5.56 Å². The fourth-order valence-electron chi connectivity index (χ4n) is 1.25. The van der Waals surface area contributed by atoms with Crippen LogP contribution in [0.2, 0.25) is 0 Å². The number of nitrogens with one attached hydrogen (secondary N) is 1. The number of carbonyl (C=O) groups is 1. The van der Waals surface area contributed by atoms with E-state index in [0.29, 0.717) is 16.9 Å². The highest BCUT2D eigenvalue weighted by Gasteiger charge is 2.18. The zero-order valence-electron chi connectivity index (χ0n) is 9.29. The fraction of sp³-hybridized carbons (Fsp3) is 0.364. The van der Waals surface area contributed by atoms with Crippen molar-refractivity contribution in [2.24, 2.45) is 0 Å². The highest BCUT2D eigenvalue weighted by Crippen LogP contribution is 2.19. The van der Waals surface area contributed by atoms with Crippen LogP contribution in [0, 0.1) is 0 Å². The molecule has 0 fully saturated rings. The Morgan fingerprint density at radius 1 is 1.20 bits per heavy atom. The van der Waals surface area contributed by atoms with E-state index in [1.807, 2.05) is 20.8 Å². The quantitative estimate of drug-likeness (QED) is 0.608. The lowest BCUT2D eigenvalue weighted by molar-refractivity contribution is 0.0921. The monoisotopic (exact) mass is 207 g/mol. The Labute approximate surface area is 89.6 Å². The van der Waals surface area contributed by atoms with E-state index in [2.05, 4.69) is 5.32 Å². The molecular weight excluding hydrogens is 190 g/mol. The van der Waals surface area contributed by atoms with Gasteiger partial charge in [0.2, 0.25) is 0 Å². The molecule has 0 aromatic heterocycles. The Hall–Kier alpha value is -1.71. The third kappa shape index (κ3) is 2.87. The molecule has 0 spiro atoms. The van der Waals surface area contributed by atoms with Crippen LogP contribution in [0.1, 0.15) is 31.1 Å². The molecule has 0 bridgehead atoms. The van der Waals surface area contributed by atoms with Crippen LogP contribution < -0.4 is 16.8 Å². The first kappa shape index (κ1) is 11.4. The molecule has 0 heterocycles. The number of hydrogen-bond donors (Lipinski definition) is 3. The van der Waals surface area contributed by atoms with Gasteiger partial charge in [-0.15, -0.1) is 0 Å². The van der Waals surface area contributed by atoms with Crippen molar-refractivity contribution in [1.82, 2.24) is 5.32 Å². The van der Waals surface area contributed by atoms with Gasteiger partial charge in [0.15, 0.2) is 0 Å². The Balaban J connectivity index is 3.02. The summed E-state index contributed by atoms with van der Waals surface area (Å²) in [4.78, 5) is 11.8. The molecule has 0 radical (unpaired) electrons. The molecule has 4 heteroatoms. The summed E-state index contributed by atoms with van der Waals surface area (Å²) in [6.45, 7) is 5.71. The molecule has 1 rings (SSSR count). The molecule has 5 N–H and O–H groups in total. The van der Waals surface area contributed by atoms with E-state index in [0.717, 1.165) is 0 Å². The molecule has 0 aliphatic rings. The molecule has 0 aliphatic heterocycles. The molecule has 0 atom stereocenters. The summed E-state index contributed by atoms with van der Waals surface area (Å²) in [6.07, 6.45) is 0. The normalized spacial score (nSPS) is 11.1. The molecule has 15 heavy (non-hydrogen) atoms. The second-order valence-electron chi connectivity index (χ2n) is 4.52. The van der Waals surface area contributed by atoms with E-state index in [1.165, 1.54) is 0 Å². The maximum atomic E-state index is 11.8. The maximum absolute atomic E-state index is 11.8. The smallest absolute Gasteiger partial charge is 0.255 e. The lowest BCUT2D eigenvalue weighted by Crippen LogP contribution is -2.41. The van der Waals surface area contributed by atoms with E-state index >= 15 is 0 Å². The minimum Gasteiger partial charge on any atom is -0.398 e. The highest BCUT2D eigenvalue weighted by atomic mass is 16.1. The minimum atomic E-state index is -0.300. The number of carbonyl (C=O) groups excluding carboxylic acids is 1. The first-order chi connectivity index (χ1) is 6.81. The van der Waals surface area contributed by atoms with Crippen molar-refractivity contribution in [3.05, 3.63) is 23.8 Å². The number of nitrogen functional groups attached to an aromatic ring is 2. The molecule has 1 aromatic carbocycles. The van der Waals surface area contributed by atoms with Crippen LogP contribution in [0.5, 0.6) is 0 Å². The van der Waals surface area contributed by atoms with Crippen LogP contribution >= 0.6 is 0 Å². The molecule has 1 aromatic rings. The van der Waals surface area contributed by atoms with Crippen LogP contribution in [0.3, 0.4) is 0 Å². The van der Waals surface area contributed by atoms with Crippen molar-refractivity contribution in [2.45, 2.75) is 26.3 Å². The van der Waals surface area contributed by atoms with E-state index in [-0.39, 0.29) is 11.4 Å². The Kier molecular flexibility index (Phi) is 2.88. The average molecular weight is 207 g/mol. The zero-order chi connectivity index (χ0) is 11.6. The van der Waals surface area contributed by atoms with E-state index in [4.69, 9.17) is 11.5 Å². The summed E-state index contributed by atoms with van der Waals surface area (Å²) >= 11 is 0. The number of benzene rings is 1. The third-order valence-corrected chi connectivity index (χ3v) is 1.84. The van der Waals surface area contributed by atoms with Gasteiger partial charge in [-0.3, -0.25) is 4.79 Å². The first-order valence-corrected chi connectivity index (χ1v) is 4.78. The van der Waals surface area contributed by atoms with Gasteiger partial charge in [-0.25, -0.2) is 0 Å². The minimum absolute atomic E-state index is 0.238. The zero-order valence-corrected chi connectivity index (χ0v) is 9.29. The molecule has 0 unspecified atom stereocenters. The van der Waals surface area contributed by atoms with E-state index in [9.17, 15) is 4.79 Å². The van der Waals surface area contributed by atoms with Gasteiger partial charge >= 0.3 is 0 Å². The summed E-state index contributed by atoms with van der Waals surface area (Å²) in [7, 11) is 0. The average Bonchev–Trinajstić information content (AvgIpc) is 1.99. The molecule has 0 saturated heterocycles. The lowest BCUT2D eigenvalue weighted by Gasteiger charge is -2.21. The maximum Gasteiger partial charge on any atom is 0.255 e. The van der Waals surface area contributed by atoms with Crippen molar-refractivity contribution in [3.63, 3.8) is 0 Å². The van der Waals surface area contributed by atoms with Crippen molar-refractivity contribution in [1.29, 1.82) is 0 Å². The van der Waals surface area contributed by atoms with Gasteiger partial charge in [-0.2, -0.15) is 0 Å². The van der Waals surface area contributed by atoms with Crippen molar-refractivity contribution in [2.75, 3.05) is 11.5 Å². The summed E-state index contributed by atoms with van der Waals surface area (Å²) in [5, 5.41) is 2.82. The first-order valence-electron chi connectivity index (χ1n) is 4.78. The number of rotatable bonds is 1. The lowest BCUT2D eigenvalue weighted by atomic mass is 10.1. The van der Waals surface area contributed by atoms with Gasteiger partial charge < -0.3 is 16.8 Å². The molecule has 0 aliphatic carbocycles. The van der Waals surface area contributed by atoms with Crippen LogP contribution in [0.4, 0.5) is 11.4 Å². The molecular formula is C11H17N3O. The van der Waals surface area contributed by atoms with Gasteiger partial charge in [0.25, 0.3) is 5.91 Å². The Morgan fingerprint density at radius 3 is 2.07 bits per heavy atom. The number of hydrogen-bond acceptors (Lipinski definition) is 3. The third-order valence-electron chi connectivity index (χ3n) is 1.84. The van der Waals surface area contributed by atoms with Crippen molar-refractivity contribution in [3.8, 4) is 0 Å².